The number of amides is 1. The molecule has 4 nitrogen and oxygen atoms in total. The monoisotopic (exact) mass is 301 g/mol. The van der Waals surface area contributed by atoms with Crippen molar-refractivity contribution in [3.05, 3.63) is 53.5 Å². The van der Waals surface area contributed by atoms with Gasteiger partial charge in [0.05, 0.1) is 11.3 Å². The molecule has 3 rings (SSSR count). The van der Waals surface area contributed by atoms with E-state index in [-0.39, 0.29) is 5.82 Å². The minimum Gasteiger partial charge on any atom is -0.365 e. The maximum atomic E-state index is 13.9. The zero-order chi connectivity index (χ0) is 15.0. The van der Waals surface area contributed by atoms with E-state index in [0.29, 0.717) is 26.5 Å². The number of carbonyl (C=O) groups excluding carboxylic acids is 1. The number of nitrogens with zero attached hydrogens (tertiary/aromatic N) is 1. The number of fused-ring (bicyclic) bond motifs is 1. The molecule has 0 fully saturated rings. The maximum Gasteiger partial charge on any atom is 0.252 e. The van der Waals surface area contributed by atoms with Crippen LogP contribution in [0.3, 0.4) is 0 Å². The third-order valence-corrected chi connectivity index (χ3v) is 4.11. The molecule has 0 bridgehead atoms. The van der Waals surface area contributed by atoms with Gasteiger partial charge >= 0.3 is 0 Å². The lowest BCUT2D eigenvalue weighted by atomic mass is 10.2. The molecule has 0 aliphatic rings. The highest BCUT2D eigenvalue weighted by atomic mass is 32.1. The predicted molar refractivity (Wildman–Crippen MR) is 82.6 cm³/mol. The number of pyridine rings is 1. The zero-order valence-electron chi connectivity index (χ0n) is 11.2. The van der Waals surface area contributed by atoms with E-state index in [4.69, 9.17) is 5.73 Å². The lowest BCUT2D eigenvalue weighted by molar-refractivity contribution is 0.100. The summed E-state index contributed by atoms with van der Waals surface area (Å²) in [6, 6.07) is 8.36. The lowest BCUT2D eigenvalue weighted by Crippen LogP contribution is -2.12. The molecular formula is C15H12FN3OS. The van der Waals surface area contributed by atoms with Crippen LogP contribution in [0.2, 0.25) is 0 Å². The number of thiophene rings is 1. The van der Waals surface area contributed by atoms with E-state index >= 15 is 0 Å². The van der Waals surface area contributed by atoms with Gasteiger partial charge in [0.1, 0.15) is 15.6 Å². The summed E-state index contributed by atoms with van der Waals surface area (Å²) in [5.74, 6) is -0.944. The highest BCUT2D eigenvalue weighted by Gasteiger charge is 2.18. The fraction of sp³-hybridized carbons (Fsp3) is 0.0667. The van der Waals surface area contributed by atoms with Crippen molar-refractivity contribution in [1.29, 1.82) is 0 Å². The Morgan fingerprint density at radius 2 is 2.19 bits per heavy atom. The molecule has 1 aromatic carbocycles. The third kappa shape index (κ3) is 2.45. The second-order valence-corrected chi connectivity index (χ2v) is 5.63. The Morgan fingerprint density at radius 3 is 2.90 bits per heavy atom. The quantitative estimate of drug-likeness (QED) is 0.777. The summed E-state index contributed by atoms with van der Waals surface area (Å²) in [5, 5.41) is 4.11. The van der Waals surface area contributed by atoms with Gasteiger partial charge < -0.3 is 11.1 Å². The minimum absolute atomic E-state index is 0.301. The van der Waals surface area contributed by atoms with E-state index < -0.39 is 5.91 Å². The number of halogens is 1. The standard InChI is InChI=1S/C15H12FN3OS/c1-8-4-5-11(10(16)7-8)19-15-12(13(17)20)9-3-2-6-18-14(9)21-15/h2-7,19H,1H3,(H2,17,20). The topological polar surface area (TPSA) is 68.0 Å². The molecule has 106 valence electrons. The predicted octanol–water partition coefficient (Wildman–Crippen LogP) is 3.59. The molecule has 2 heterocycles. The van der Waals surface area contributed by atoms with Gasteiger partial charge in [-0.1, -0.05) is 17.4 Å². The van der Waals surface area contributed by atoms with E-state index in [0.717, 1.165) is 5.56 Å². The summed E-state index contributed by atoms with van der Waals surface area (Å²) in [7, 11) is 0. The Hall–Kier alpha value is -2.47. The maximum absolute atomic E-state index is 13.9. The summed E-state index contributed by atoms with van der Waals surface area (Å²) in [4.78, 5) is 16.6. The number of aromatic nitrogens is 1. The van der Waals surface area contributed by atoms with Crippen LogP contribution in [0.4, 0.5) is 15.1 Å². The van der Waals surface area contributed by atoms with E-state index in [1.165, 1.54) is 17.4 Å². The van der Waals surface area contributed by atoms with Crippen molar-refractivity contribution in [2.45, 2.75) is 6.92 Å². The number of hydrogen-bond donors (Lipinski definition) is 2. The highest BCUT2D eigenvalue weighted by Crippen LogP contribution is 2.36. The Morgan fingerprint density at radius 1 is 1.38 bits per heavy atom. The number of hydrogen-bond acceptors (Lipinski definition) is 4. The first-order valence-electron chi connectivity index (χ1n) is 6.27. The van der Waals surface area contributed by atoms with Crippen LogP contribution in [0.25, 0.3) is 10.2 Å². The number of rotatable bonds is 3. The first-order valence-corrected chi connectivity index (χ1v) is 7.08. The fourth-order valence-electron chi connectivity index (χ4n) is 2.11. The summed E-state index contributed by atoms with van der Waals surface area (Å²) in [5.41, 5.74) is 6.91. The fourth-order valence-corrected chi connectivity index (χ4v) is 3.17. The molecule has 3 N–H and O–H groups in total. The van der Waals surface area contributed by atoms with Crippen molar-refractivity contribution >= 4 is 38.1 Å². The molecule has 1 amide bonds. The summed E-state index contributed by atoms with van der Waals surface area (Å²) < 4.78 is 13.9. The average Bonchev–Trinajstić information content (AvgIpc) is 2.80. The molecule has 3 aromatic rings. The molecule has 0 aliphatic carbocycles. The highest BCUT2D eigenvalue weighted by molar-refractivity contribution is 7.23. The Kier molecular flexibility index (Phi) is 3.31. The molecule has 6 heteroatoms. The van der Waals surface area contributed by atoms with Crippen LogP contribution >= 0.6 is 11.3 Å². The number of carbonyl (C=O) groups is 1. The minimum atomic E-state index is -0.565. The molecule has 0 spiro atoms. The molecule has 0 aliphatic heterocycles. The van der Waals surface area contributed by atoms with Crippen LogP contribution in [0, 0.1) is 12.7 Å². The number of primary amides is 1. The second kappa shape index (κ2) is 5.14. The van der Waals surface area contributed by atoms with Gasteiger partial charge in [0.25, 0.3) is 5.91 Å². The van der Waals surface area contributed by atoms with Crippen molar-refractivity contribution in [3.63, 3.8) is 0 Å². The second-order valence-electron chi connectivity index (χ2n) is 4.63. The van der Waals surface area contributed by atoms with Crippen LogP contribution in [0.1, 0.15) is 15.9 Å². The van der Waals surface area contributed by atoms with Crippen LogP contribution in [0.5, 0.6) is 0 Å². The molecule has 0 atom stereocenters. The summed E-state index contributed by atoms with van der Waals surface area (Å²) in [6.45, 7) is 1.81. The van der Waals surface area contributed by atoms with Crippen molar-refractivity contribution in [2.24, 2.45) is 5.73 Å². The average molecular weight is 301 g/mol. The molecule has 0 radical (unpaired) electrons. The Bertz CT molecular complexity index is 844. The number of nitrogens with one attached hydrogen (secondary N) is 1. The molecule has 21 heavy (non-hydrogen) atoms. The van der Waals surface area contributed by atoms with Gasteiger partial charge in [-0.3, -0.25) is 4.79 Å². The van der Waals surface area contributed by atoms with Gasteiger partial charge in [0.15, 0.2) is 0 Å². The van der Waals surface area contributed by atoms with Crippen molar-refractivity contribution in [3.8, 4) is 0 Å². The van der Waals surface area contributed by atoms with Gasteiger partial charge in [-0.05, 0) is 36.8 Å². The van der Waals surface area contributed by atoms with Crippen LogP contribution < -0.4 is 11.1 Å². The van der Waals surface area contributed by atoms with Gasteiger partial charge in [0, 0.05) is 11.6 Å². The summed E-state index contributed by atoms with van der Waals surface area (Å²) >= 11 is 1.27. The smallest absolute Gasteiger partial charge is 0.252 e. The van der Waals surface area contributed by atoms with E-state index in [9.17, 15) is 9.18 Å². The van der Waals surface area contributed by atoms with Crippen molar-refractivity contribution < 1.29 is 9.18 Å². The van der Waals surface area contributed by atoms with Crippen LogP contribution in [-0.4, -0.2) is 10.9 Å². The van der Waals surface area contributed by atoms with Crippen LogP contribution in [0.15, 0.2) is 36.5 Å². The van der Waals surface area contributed by atoms with E-state index in [1.807, 2.05) is 6.92 Å². The first-order chi connectivity index (χ1) is 10.1. The number of aryl methyl sites for hydroxylation is 1. The number of anilines is 2. The third-order valence-electron chi connectivity index (χ3n) is 3.09. The Balaban J connectivity index is 2.12. The van der Waals surface area contributed by atoms with Crippen molar-refractivity contribution in [1.82, 2.24) is 4.98 Å². The van der Waals surface area contributed by atoms with E-state index in [2.05, 4.69) is 10.3 Å². The zero-order valence-corrected chi connectivity index (χ0v) is 12.0. The van der Waals surface area contributed by atoms with Gasteiger partial charge in [-0.25, -0.2) is 9.37 Å². The van der Waals surface area contributed by atoms with Gasteiger partial charge in [0.2, 0.25) is 0 Å². The largest absolute Gasteiger partial charge is 0.365 e. The normalized spacial score (nSPS) is 10.8. The van der Waals surface area contributed by atoms with Crippen LogP contribution in [-0.2, 0) is 0 Å². The summed E-state index contributed by atoms with van der Waals surface area (Å²) in [6.07, 6.45) is 1.64. The van der Waals surface area contributed by atoms with Crippen molar-refractivity contribution in [2.75, 3.05) is 5.32 Å². The molecular weight excluding hydrogens is 289 g/mol. The number of benzene rings is 1. The molecule has 0 unspecified atom stereocenters. The van der Waals surface area contributed by atoms with Gasteiger partial charge in [-0.15, -0.1) is 0 Å². The number of nitrogens with two attached hydrogens (primary N) is 1. The Labute approximate surface area is 124 Å². The molecule has 0 saturated carbocycles. The molecule has 0 saturated heterocycles. The first kappa shape index (κ1) is 13.5. The van der Waals surface area contributed by atoms with E-state index in [1.54, 1.807) is 30.5 Å². The SMILES string of the molecule is Cc1ccc(Nc2sc3ncccc3c2C(N)=O)c(F)c1. The van der Waals surface area contributed by atoms with Gasteiger partial charge in [-0.2, -0.15) is 0 Å². The lowest BCUT2D eigenvalue weighted by Gasteiger charge is -2.07. The molecule has 2 aromatic heterocycles.